The van der Waals surface area contributed by atoms with Crippen molar-refractivity contribution in [2.24, 2.45) is 0 Å². The molecule has 2 heterocycles. The van der Waals surface area contributed by atoms with Crippen LogP contribution in [0.5, 0.6) is 0 Å². The number of nitrogens with zero attached hydrogens (tertiary/aromatic N) is 2. The summed E-state index contributed by atoms with van der Waals surface area (Å²) in [7, 11) is 0. The number of furan rings is 1. The molecule has 11 aromatic rings. The lowest BCUT2D eigenvalue weighted by atomic mass is 9.60. The van der Waals surface area contributed by atoms with Crippen LogP contribution in [0.25, 0.3) is 94.6 Å². The van der Waals surface area contributed by atoms with Gasteiger partial charge < -0.3 is 14.2 Å². The molecule has 6 heteroatoms. The van der Waals surface area contributed by atoms with Crippen molar-refractivity contribution in [3.63, 3.8) is 0 Å². The van der Waals surface area contributed by atoms with Crippen molar-refractivity contribution in [2.45, 2.75) is 51.1 Å². The zero-order valence-electron chi connectivity index (χ0n) is 39.3. The van der Waals surface area contributed by atoms with E-state index in [0.717, 1.165) is 77.8 Å². The third kappa shape index (κ3) is 6.22. The fourth-order valence-electron chi connectivity index (χ4n) is 11.3. The van der Waals surface area contributed by atoms with E-state index in [1.165, 1.54) is 44.5 Å². The molecule has 2 aliphatic rings. The molecule has 69 heavy (non-hydrogen) atoms. The smallest absolute Gasteiger partial charge is 0.324 e. The summed E-state index contributed by atoms with van der Waals surface area (Å²) in [5.41, 5.74) is 18.8. The predicted octanol–water partition coefficient (Wildman–Crippen LogP) is 14.7. The number of para-hydroxylation sites is 4. The Balaban J connectivity index is 1.05. The number of aromatic nitrogens is 2. The Morgan fingerprint density at radius 2 is 1.07 bits per heavy atom. The van der Waals surface area contributed by atoms with Gasteiger partial charge in [0.25, 0.3) is 0 Å². The molecule has 332 valence electrons. The van der Waals surface area contributed by atoms with Crippen LogP contribution in [0.3, 0.4) is 0 Å². The highest BCUT2D eigenvalue weighted by atomic mass is 16.5. The minimum absolute atomic E-state index is 0.277. The standard InChI is InChI=1S/C63H49BN2O3/c1-61(2,67)62(3,4)69-64(5)44-29-31-49-48-30-27-40(37-54(48)63(55(49)38-44)52-22-12-9-19-46(52)47-20-10-13-23-53(47)63)42-33-41(39-28-32-59-51(36-39)50-21-11-16-26-58(50)68-59)34-43(35-42)60-65-56-24-14-15-25-57(56)66(60)45-17-7-6-8-18-45/h6-38,67H,1-5H3. The molecule has 0 atom stereocenters. The van der Waals surface area contributed by atoms with Gasteiger partial charge >= 0.3 is 6.92 Å². The Labute approximate surface area is 402 Å². The fourth-order valence-corrected chi connectivity index (χ4v) is 11.3. The predicted molar refractivity (Wildman–Crippen MR) is 284 cm³/mol. The summed E-state index contributed by atoms with van der Waals surface area (Å²) < 4.78 is 15.3. The zero-order chi connectivity index (χ0) is 46.8. The van der Waals surface area contributed by atoms with E-state index in [-0.39, 0.29) is 6.92 Å². The number of fused-ring (bicyclic) bond motifs is 14. The number of imidazole rings is 1. The molecule has 0 fully saturated rings. The van der Waals surface area contributed by atoms with E-state index >= 15 is 0 Å². The quantitative estimate of drug-likeness (QED) is 0.154. The molecule has 0 bridgehead atoms. The third-order valence-electron chi connectivity index (χ3n) is 15.3. The maximum Gasteiger partial charge on any atom is 0.324 e. The van der Waals surface area contributed by atoms with Crippen LogP contribution in [0.15, 0.2) is 205 Å². The Hall–Kier alpha value is -7.77. The molecule has 5 nitrogen and oxygen atoms in total. The average molecular weight is 893 g/mol. The van der Waals surface area contributed by atoms with Crippen molar-refractivity contribution in [3.05, 3.63) is 222 Å². The van der Waals surface area contributed by atoms with Crippen LogP contribution in [0, 0.1) is 0 Å². The van der Waals surface area contributed by atoms with Gasteiger partial charge in [-0.25, -0.2) is 4.98 Å². The minimum Gasteiger partial charge on any atom is -0.456 e. The van der Waals surface area contributed by atoms with Gasteiger partial charge in [0.1, 0.15) is 17.0 Å². The number of hydrogen-bond donors (Lipinski definition) is 1. The fraction of sp³-hybridized carbons (Fsp3) is 0.127. The van der Waals surface area contributed by atoms with Crippen molar-refractivity contribution < 1.29 is 14.2 Å². The number of benzene rings is 9. The van der Waals surface area contributed by atoms with Gasteiger partial charge in [0.05, 0.1) is 27.7 Å². The SMILES string of the molecule is CB(OC(C)(C)C(C)(C)O)c1ccc2c(c1)C1(c3ccccc3-c3ccccc31)c1cc(-c3cc(-c4ccc5oc6ccccc6c5c4)cc(-c4nc5ccccc5n4-c4ccccc4)c3)ccc1-2. The molecular weight excluding hydrogens is 844 g/mol. The first kappa shape index (κ1) is 41.4. The second kappa shape index (κ2) is 15.1. The summed E-state index contributed by atoms with van der Waals surface area (Å²) >= 11 is 0. The largest absolute Gasteiger partial charge is 0.456 e. The van der Waals surface area contributed by atoms with Crippen LogP contribution >= 0.6 is 0 Å². The van der Waals surface area contributed by atoms with Crippen LogP contribution in [-0.4, -0.2) is 32.8 Å². The van der Waals surface area contributed by atoms with Crippen molar-refractivity contribution in [3.8, 4) is 61.6 Å². The van der Waals surface area contributed by atoms with Gasteiger partial charge in [-0.15, -0.1) is 0 Å². The second-order valence-electron chi connectivity index (χ2n) is 19.9. The molecule has 9 aromatic carbocycles. The van der Waals surface area contributed by atoms with E-state index in [1.807, 2.05) is 39.8 Å². The highest BCUT2D eigenvalue weighted by molar-refractivity contribution is 6.66. The van der Waals surface area contributed by atoms with E-state index in [1.54, 1.807) is 0 Å². The first-order chi connectivity index (χ1) is 33.5. The topological polar surface area (TPSA) is 60.4 Å². The molecule has 0 aliphatic heterocycles. The lowest BCUT2D eigenvalue weighted by Gasteiger charge is -2.39. The normalized spacial score (nSPS) is 13.5. The summed E-state index contributed by atoms with van der Waals surface area (Å²) in [6, 6.07) is 72.6. The lowest BCUT2D eigenvalue weighted by molar-refractivity contribution is -0.0918. The summed E-state index contributed by atoms with van der Waals surface area (Å²) in [4.78, 5) is 5.39. The van der Waals surface area contributed by atoms with Crippen LogP contribution < -0.4 is 5.46 Å². The van der Waals surface area contributed by atoms with E-state index in [0.29, 0.717) is 0 Å². The molecule has 0 radical (unpaired) electrons. The van der Waals surface area contributed by atoms with Crippen LogP contribution in [0.4, 0.5) is 0 Å². The van der Waals surface area contributed by atoms with E-state index in [2.05, 4.69) is 199 Å². The Kier molecular flexibility index (Phi) is 9.08. The van der Waals surface area contributed by atoms with Gasteiger partial charge in [0.2, 0.25) is 0 Å². The van der Waals surface area contributed by atoms with Gasteiger partial charge in [0.15, 0.2) is 0 Å². The first-order valence-electron chi connectivity index (χ1n) is 24.0. The maximum atomic E-state index is 11.1. The van der Waals surface area contributed by atoms with E-state index in [9.17, 15) is 5.11 Å². The second-order valence-corrected chi connectivity index (χ2v) is 19.9. The molecule has 0 amide bonds. The summed E-state index contributed by atoms with van der Waals surface area (Å²) in [6.07, 6.45) is 0. The highest BCUT2D eigenvalue weighted by Crippen LogP contribution is 2.63. The summed E-state index contributed by atoms with van der Waals surface area (Å²) in [6.45, 7) is 9.39. The molecule has 0 unspecified atom stereocenters. The van der Waals surface area contributed by atoms with Gasteiger partial charge in [-0.3, -0.25) is 4.57 Å². The van der Waals surface area contributed by atoms with Crippen molar-refractivity contribution in [1.82, 2.24) is 9.55 Å². The van der Waals surface area contributed by atoms with Crippen LogP contribution in [0.2, 0.25) is 6.82 Å². The third-order valence-corrected chi connectivity index (χ3v) is 15.3. The van der Waals surface area contributed by atoms with Gasteiger partial charge in [-0.1, -0.05) is 140 Å². The Morgan fingerprint density at radius 3 is 1.81 bits per heavy atom. The molecule has 2 aromatic heterocycles. The van der Waals surface area contributed by atoms with Crippen molar-refractivity contribution in [2.75, 3.05) is 0 Å². The highest BCUT2D eigenvalue weighted by Gasteiger charge is 2.52. The van der Waals surface area contributed by atoms with Gasteiger partial charge in [-0.2, -0.15) is 0 Å². The van der Waals surface area contributed by atoms with Crippen molar-refractivity contribution in [1.29, 1.82) is 0 Å². The molecule has 13 rings (SSSR count). The Bertz CT molecular complexity index is 3830. The maximum absolute atomic E-state index is 11.1. The zero-order valence-corrected chi connectivity index (χ0v) is 39.3. The molecule has 0 saturated carbocycles. The number of hydrogen-bond acceptors (Lipinski definition) is 4. The van der Waals surface area contributed by atoms with Crippen molar-refractivity contribution >= 4 is 45.4 Å². The molecular formula is C63H49BN2O3. The molecule has 0 saturated heterocycles. The minimum atomic E-state index is -1.04. The average Bonchev–Trinajstić information content (AvgIpc) is 4.11. The van der Waals surface area contributed by atoms with E-state index in [4.69, 9.17) is 14.1 Å². The number of aliphatic hydroxyl groups is 1. The van der Waals surface area contributed by atoms with Gasteiger partial charge in [0, 0.05) is 22.0 Å². The van der Waals surface area contributed by atoms with E-state index < -0.39 is 16.6 Å². The summed E-state index contributed by atoms with van der Waals surface area (Å²) in [5.74, 6) is 0.876. The first-order valence-corrected chi connectivity index (χ1v) is 24.0. The summed E-state index contributed by atoms with van der Waals surface area (Å²) in [5, 5.41) is 13.3. The van der Waals surface area contributed by atoms with Crippen LogP contribution in [0.1, 0.15) is 49.9 Å². The number of rotatable bonds is 8. The van der Waals surface area contributed by atoms with Crippen LogP contribution in [-0.2, 0) is 10.1 Å². The van der Waals surface area contributed by atoms with Gasteiger partial charge in [-0.05, 0) is 167 Å². The monoisotopic (exact) mass is 892 g/mol. The molecule has 2 aliphatic carbocycles. The Morgan fingerprint density at radius 1 is 0.507 bits per heavy atom. The molecule has 1 N–H and O–H groups in total. The lowest BCUT2D eigenvalue weighted by Crippen LogP contribution is -2.52. The molecule has 1 spiro atoms.